The van der Waals surface area contributed by atoms with Gasteiger partial charge in [0.05, 0.1) is 0 Å². The Bertz CT molecular complexity index is 569. The van der Waals surface area contributed by atoms with Crippen molar-refractivity contribution in [1.29, 1.82) is 0 Å². The standard InChI is InChI=1S/C14H13ClN2O/c1-10-4-3-7-16-13(10)17-14(18)12-6-2-5-11(8-12)9-15/h2-8H,9H2,1H3,(H,16,17,18). The van der Waals surface area contributed by atoms with Crippen LogP contribution in [0.4, 0.5) is 5.82 Å². The first-order valence-electron chi connectivity index (χ1n) is 5.58. The Morgan fingerprint density at radius 2 is 2.17 bits per heavy atom. The number of aromatic nitrogens is 1. The van der Waals surface area contributed by atoms with Crippen LogP contribution in [0.1, 0.15) is 21.5 Å². The van der Waals surface area contributed by atoms with Gasteiger partial charge >= 0.3 is 0 Å². The molecule has 0 aliphatic heterocycles. The lowest BCUT2D eigenvalue weighted by molar-refractivity contribution is 0.102. The highest BCUT2D eigenvalue weighted by atomic mass is 35.5. The van der Waals surface area contributed by atoms with Crippen molar-refractivity contribution in [3.05, 3.63) is 59.3 Å². The van der Waals surface area contributed by atoms with Crippen molar-refractivity contribution >= 4 is 23.3 Å². The molecule has 4 heteroatoms. The van der Waals surface area contributed by atoms with Gasteiger partial charge in [-0.1, -0.05) is 18.2 Å². The fourth-order valence-electron chi connectivity index (χ4n) is 1.59. The summed E-state index contributed by atoms with van der Waals surface area (Å²) < 4.78 is 0. The Morgan fingerprint density at radius 1 is 1.33 bits per heavy atom. The number of pyridine rings is 1. The minimum Gasteiger partial charge on any atom is -0.306 e. The van der Waals surface area contributed by atoms with Crippen molar-refractivity contribution in [3.8, 4) is 0 Å². The summed E-state index contributed by atoms with van der Waals surface area (Å²) in [6.45, 7) is 1.90. The van der Waals surface area contributed by atoms with Crippen molar-refractivity contribution in [3.63, 3.8) is 0 Å². The van der Waals surface area contributed by atoms with Gasteiger partial charge in [0, 0.05) is 17.6 Å². The fraction of sp³-hybridized carbons (Fsp3) is 0.143. The number of benzene rings is 1. The quantitative estimate of drug-likeness (QED) is 0.860. The first-order valence-corrected chi connectivity index (χ1v) is 6.12. The summed E-state index contributed by atoms with van der Waals surface area (Å²) in [6, 6.07) is 11.0. The third-order valence-electron chi connectivity index (χ3n) is 2.58. The average Bonchev–Trinajstić information content (AvgIpc) is 2.41. The number of nitrogens with zero attached hydrogens (tertiary/aromatic N) is 1. The fourth-order valence-corrected chi connectivity index (χ4v) is 1.76. The lowest BCUT2D eigenvalue weighted by Crippen LogP contribution is -2.14. The van der Waals surface area contributed by atoms with Crippen molar-refractivity contribution in [2.45, 2.75) is 12.8 Å². The van der Waals surface area contributed by atoms with Crippen molar-refractivity contribution in [2.75, 3.05) is 5.32 Å². The molecule has 3 nitrogen and oxygen atoms in total. The Labute approximate surface area is 111 Å². The van der Waals surface area contributed by atoms with E-state index in [-0.39, 0.29) is 5.91 Å². The Hall–Kier alpha value is -1.87. The topological polar surface area (TPSA) is 42.0 Å². The highest BCUT2D eigenvalue weighted by Gasteiger charge is 2.08. The molecule has 1 aromatic heterocycles. The number of aryl methyl sites for hydroxylation is 1. The summed E-state index contributed by atoms with van der Waals surface area (Å²) in [5.74, 6) is 0.798. The van der Waals surface area contributed by atoms with Gasteiger partial charge in [0.2, 0.25) is 0 Å². The summed E-state index contributed by atoms with van der Waals surface area (Å²) in [7, 11) is 0. The van der Waals surface area contributed by atoms with Crippen LogP contribution in [-0.4, -0.2) is 10.9 Å². The van der Waals surface area contributed by atoms with E-state index >= 15 is 0 Å². The van der Waals surface area contributed by atoms with Crippen LogP contribution >= 0.6 is 11.6 Å². The number of carbonyl (C=O) groups excluding carboxylic acids is 1. The van der Waals surface area contributed by atoms with E-state index in [0.717, 1.165) is 11.1 Å². The minimum atomic E-state index is -0.177. The smallest absolute Gasteiger partial charge is 0.256 e. The third-order valence-corrected chi connectivity index (χ3v) is 2.89. The number of alkyl halides is 1. The third kappa shape index (κ3) is 2.87. The Morgan fingerprint density at radius 3 is 2.89 bits per heavy atom. The summed E-state index contributed by atoms with van der Waals surface area (Å²) in [4.78, 5) is 16.2. The van der Waals surface area contributed by atoms with Crippen LogP contribution in [0.5, 0.6) is 0 Å². The largest absolute Gasteiger partial charge is 0.306 e. The van der Waals surface area contributed by atoms with Gasteiger partial charge in [0.1, 0.15) is 5.82 Å². The van der Waals surface area contributed by atoms with Gasteiger partial charge < -0.3 is 5.32 Å². The van der Waals surface area contributed by atoms with Crippen LogP contribution in [0, 0.1) is 6.92 Å². The van der Waals surface area contributed by atoms with Crippen LogP contribution in [0.15, 0.2) is 42.6 Å². The first-order chi connectivity index (χ1) is 8.70. The van der Waals surface area contributed by atoms with E-state index in [1.54, 1.807) is 18.3 Å². The highest BCUT2D eigenvalue weighted by molar-refractivity contribution is 6.17. The molecule has 92 valence electrons. The van der Waals surface area contributed by atoms with E-state index in [1.807, 2.05) is 31.2 Å². The number of rotatable bonds is 3. The molecule has 0 atom stereocenters. The predicted molar refractivity (Wildman–Crippen MR) is 72.9 cm³/mol. The number of anilines is 1. The van der Waals surface area contributed by atoms with E-state index in [9.17, 15) is 4.79 Å². The van der Waals surface area contributed by atoms with Crippen LogP contribution in [-0.2, 0) is 5.88 Å². The van der Waals surface area contributed by atoms with Gasteiger partial charge in [0.25, 0.3) is 5.91 Å². The molecule has 0 saturated carbocycles. The van der Waals surface area contributed by atoms with Gasteiger partial charge in [-0.25, -0.2) is 4.98 Å². The van der Waals surface area contributed by atoms with E-state index in [1.165, 1.54) is 0 Å². The molecule has 18 heavy (non-hydrogen) atoms. The second kappa shape index (κ2) is 5.65. The molecule has 0 spiro atoms. The molecular weight excluding hydrogens is 248 g/mol. The molecule has 1 heterocycles. The number of amides is 1. The van der Waals surface area contributed by atoms with Crippen LogP contribution in [0.25, 0.3) is 0 Å². The number of halogens is 1. The van der Waals surface area contributed by atoms with Crippen molar-refractivity contribution in [2.24, 2.45) is 0 Å². The maximum Gasteiger partial charge on any atom is 0.256 e. The van der Waals surface area contributed by atoms with Crippen molar-refractivity contribution in [1.82, 2.24) is 4.98 Å². The zero-order chi connectivity index (χ0) is 13.0. The lowest BCUT2D eigenvalue weighted by Gasteiger charge is -2.07. The summed E-state index contributed by atoms with van der Waals surface area (Å²) in [5, 5.41) is 2.78. The maximum absolute atomic E-state index is 12.0. The van der Waals surface area contributed by atoms with Gasteiger partial charge in [-0.05, 0) is 36.2 Å². The second-order valence-electron chi connectivity index (χ2n) is 3.96. The molecular formula is C14H13ClN2O. The number of hydrogen-bond donors (Lipinski definition) is 1. The lowest BCUT2D eigenvalue weighted by atomic mass is 10.1. The molecule has 0 aliphatic rings. The van der Waals surface area contributed by atoms with Crippen LogP contribution in [0.2, 0.25) is 0 Å². The molecule has 1 aromatic carbocycles. The minimum absolute atomic E-state index is 0.177. The van der Waals surface area contributed by atoms with Gasteiger partial charge in [0.15, 0.2) is 0 Å². The summed E-state index contributed by atoms with van der Waals surface area (Å²) in [5.41, 5.74) is 2.43. The normalized spacial score (nSPS) is 10.1. The average molecular weight is 261 g/mol. The first kappa shape index (κ1) is 12.6. The molecule has 1 amide bonds. The molecule has 0 saturated heterocycles. The van der Waals surface area contributed by atoms with Crippen LogP contribution < -0.4 is 5.32 Å². The number of carbonyl (C=O) groups is 1. The van der Waals surface area contributed by atoms with E-state index in [2.05, 4.69) is 10.3 Å². The monoisotopic (exact) mass is 260 g/mol. The van der Waals surface area contributed by atoms with Crippen molar-refractivity contribution < 1.29 is 4.79 Å². The van der Waals surface area contributed by atoms with E-state index < -0.39 is 0 Å². The molecule has 1 N–H and O–H groups in total. The molecule has 2 rings (SSSR count). The number of hydrogen-bond acceptors (Lipinski definition) is 2. The SMILES string of the molecule is Cc1cccnc1NC(=O)c1cccc(CCl)c1. The number of nitrogens with one attached hydrogen (secondary N) is 1. The maximum atomic E-state index is 12.0. The Kier molecular flexibility index (Phi) is 3.95. The van der Waals surface area contributed by atoms with Gasteiger partial charge in [-0.2, -0.15) is 0 Å². The zero-order valence-corrected chi connectivity index (χ0v) is 10.7. The summed E-state index contributed by atoms with van der Waals surface area (Å²) in [6.07, 6.45) is 1.65. The summed E-state index contributed by atoms with van der Waals surface area (Å²) >= 11 is 5.74. The molecule has 2 aromatic rings. The van der Waals surface area contributed by atoms with Gasteiger partial charge in [-0.15, -0.1) is 11.6 Å². The molecule has 0 radical (unpaired) electrons. The zero-order valence-electron chi connectivity index (χ0n) is 9.98. The molecule has 0 fully saturated rings. The van der Waals surface area contributed by atoms with E-state index in [0.29, 0.717) is 17.3 Å². The van der Waals surface area contributed by atoms with Gasteiger partial charge in [-0.3, -0.25) is 4.79 Å². The second-order valence-corrected chi connectivity index (χ2v) is 4.22. The van der Waals surface area contributed by atoms with E-state index in [4.69, 9.17) is 11.6 Å². The van der Waals surface area contributed by atoms with Crippen LogP contribution in [0.3, 0.4) is 0 Å². The Balaban J connectivity index is 2.19. The molecule has 0 aliphatic carbocycles. The highest BCUT2D eigenvalue weighted by Crippen LogP contribution is 2.13. The molecule has 0 bridgehead atoms. The predicted octanol–water partition coefficient (Wildman–Crippen LogP) is 3.38. The molecule has 0 unspecified atom stereocenters.